The number of methoxy groups -OCH3 is 1. The summed E-state index contributed by atoms with van der Waals surface area (Å²) in [6, 6.07) is 11.1. The van der Waals surface area contributed by atoms with Gasteiger partial charge in [0.1, 0.15) is 11.4 Å². The topological polar surface area (TPSA) is 80.5 Å². The largest absolute Gasteiger partial charge is 0.497 e. The van der Waals surface area contributed by atoms with Crippen molar-refractivity contribution in [1.82, 2.24) is 15.2 Å². The molecule has 1 heterocycles. The van der Waals surface area contributed by atoms with Crippen LogP contribution in [0.2, 0.25) is 0 Å². The summed E-state index contributed by atoms with van der Waals surface area (Å²) in [6.45, 7) is 0.463. The van der Waals surface area contributed by atoms with Gasteiger partial charge >= 0.3 is 0 Å². The number of nitrogens with zero attached hydrogens (tertiary/aromatic N) is 2. The van der Waals surface area contributed by atoms with Gasteiger partial charge in [-0.05, 0) is 43.9 Å². The highest BCUT2D eigenvalue weighted by Crippen LogP contribution is 2.22. The number of hydrogen-bond donors (Lipinski definition) is 2. The Hall–Kier alpha value is -2.60. The molecule has 0 spiro atoms. The highest BCUT2D eigenvalue weighted by Gasteiger charge is 2.17. The second kappa shape index (κ2) is 7.60. The van der Waals surface area contributed by atoms with Crippen LogP contribution in [0, 0.1) is 0 Å². The Morgan fingerprint density at radius 3 is 2.74 bits per heavy atom. The van der Waals surface area contributed by atoms with Crippen molar-refractivity contribution in [3.63, 3.8) is 0 Å². The van der Waals surface area contributed by atoms with Crippen LogP contribution in [0.4, 0.5) is 5.69 Å². The van der Waals surface area contributed by atoms with Gasteiger partial charge in [0.15, 0.2) is 0 Å². The van der Waals surface area contributed by atoms with Crippen LogP contribution in [0.5, 0.6) is 5.75 Å². The minimum Gasteiger partial charge on any atom is -0.497 e. The van der Waals surface area contributed by atoms with E-state index in [-0.39, 0.29) is 11.9 Å². The van der Waals surface area contributed by atoms with Crippen LogP contribution in [0.1, 0.15) is 22.1 Å². The van der Waals surface area contributed by atoms with Crippen molar-refractivity contribution in [3.05, 3.63) is 53.9 Å². The van der Waals surface area contributed by atoms with Crippen molar-refractivity contribution < 1.29 is 9.53 Å². The number of amides is 1. The van der Waals surface area contributed by atoms with E-state index in [0.717, 1.165) is 11.3 Å². The molecule has 0 fully saturated rings. The Balaban J connectivity index is 2.07. The van der Waals surface area contributed by atoms with Crippen molar-refractivity contribution in [3.8, 4) is 5.75 Å². The number of hydrogen-bond acceptors (Lipinski definition) is 5. The normalized spacial score (nSPS) is 12.0. The maximum absolute atomic E-state index is 12.2. The van der Waals surface area contributed by atoms with E-state index in [9.17, 15) is 4.79 Å². The molecule has 6 nitrogen and oxygen atoms in total. The van der Waals surface area contributed by atoms with Crippen LogP contribution in [0.15, 0.2) is 42.6 Å². The first-order valence-electron chi connectivity index (χ1n) is 7.31. The average molecular weight is 314 g/mol. The Bertz CT molecular complexity index is 656. The minimum atomic E-state index is -0.222. The lowest BCUT2D eigenvalue weighted by atomic mass is 10.1. The molecule has 23 heavy (non-hydrogen) atoms. The van der Waals surface area contributed by atoms with E-state index >= 15 is 0 Å². The minimum absolute atomic E-state index is 0.0304. The molecule has 6 heteroatoms. The maximum Gasteiger partial charge on any atom is 0.269 e. The van der Waals surface area contributed by atoms with Crippen molar-refractivity contribution >= 4 is 11.6 Å². The van der Waals surface area contributed by atoms with E-state index in [4.69, 9.17) is 10.5 Å². The van der Waals surface area contributed by atoms with E-state index in [1.165, 1.54) is 6.20 Å². The third-order valence-electron chi connectivity index (χ3n) is 3.58. The highest BCUT2D eigenvalue weighted by atomic mass is 16.5. The Labute approximate surface area is 136 Å². The van der Waals surface area contributed by atoms with Crippen LogP contribution >= 0.6 is 0 Å². The molecule has 1 atom stereocenters. The fraction of sp³-hybridized carbons (Fsp3) is 0.294. The number of rotatable bonds is 6. The molecule has 0 aliphatic rings. The van der Waals surface area contributed by atoms with E-state index in [1.54, 1.807) is 19.2 Å². The Kier molecular flexibility index (Phi) is 5.54. The summed E-state index contributed by atoms with van der Waals surface area (Å²) in [5.74, 6) is 0.570. The van der Waals surface area contributed by atoms with Gasteiger partial charge in [-0.25, -0.2) is 4.98 Å². The second-order valence-corrected chi connectivity index (χ2v) is 5.44. The number of nitrogen functional groups attached to an aromatic ring is 1. The molecule has 0 saturated carbocycles. The summed E-state index contributed by atoms with van der Waals surface area (Å²) in [5.41, 5.74) is 7.53. The fourth-order valence-electron chi connectivity index (χ4n) is 2.27. The van der Waals surface area contributed by atoms with Crippen molar-refractivity contribution in [2.24, 2.45) is 0 Å². The predicted molar refractivity (Wildman–Crippen MR) is 90.4 cm³/mol. The molecule has 2 rings (SSSR count). The number of carbonyl (C=O) groups is 1. The number of benzene rings is 1. The fourth-order valence-corrected chi connectivity index (χ4v) is 2.27. The van der Waals surface area contributed by atoms with E-state index in [0.29, 0.717) is 17.9 Å². The van der Waals surface area contributed by atoms with Gasteiger partial charge in [-0.3, -0.25) is 4.79 Å². The number of pyridine rings is 1. The van der Waals surface area contributed by atoms with Crippen LogP contribution in [0.25, 0.3) is 0 Å². The van der Waals surface area contributed by atoms with Crippen molar-refractivity contribution in [2.75, 3.05) is 33.5 Å². The summed E-state index contributed by atoms with van der Waals surface area (Å²) in [5, 5.41) is 2.91. The van der Waals surface area contributed by atoms with Gasteiger partial charge < -0.3 is 20.7 Å². The molecule has 3 N–H and O–H groups in total. The smallest absolute Gasteiger partial charge is 0.269 e. The summed E-state index contributed by atoms with van der Waals surface area (Å²) in [7, 11) is 5.58. The van der Waals surface area contributed by atoms with Gasteiger partial charge in [0.2, 0.25) is 0 Å². The molecule has 0 bridgehead atoms. The molecular weight excluding hydrogens is 292 g/mol. The summed E-state index contributed by atoms with van der Waals surface area (Å²) in [4.78, 5) is 18.3. The quantitative estimate of drug-likeness (QED) is 0.848. The summed E-state index contributed by atoms with van der Waals surface area (Å²) in [6.07, 6.45) is 1.47. The van der Waals surface area contributed by atoms with Gasteiger partial charge in [0, 0.05) is 6.54 Å². The first-order chi connectivity index (χ1) is 11.0. The molecule has 1 aromatic heterocycles. The predicted octanol–water partition coefficient (Wildman–Crippen LogP) is 1.71. The van der Waals surface area contributed by atoms with Gasteiger partial charge in [-0.15, -0.1) is 0 Å². The number of likely N-dealkylation sites (N-methyl/N-ethyl adjacent to an activating group) is 1. The van der Waals surface area contributed by atoms with Crippen LogP contribution in [0.3, 0.4) is 0 Å². The molecule has 1 aromatic carbocycles. The van der Waals surface area contributed by atoms with Gasteiger partial charge in [0.05, 0.1) is 25.0 Å². The zero-order valence-corrected chi connectivity index (χ0v) is 13.6. The molecular formula is C17H22N4O2. The first-order valence-corrected chi connectivity index (χ1v) is 7.31. The number of carbonyl (C=O) groups excluding carboxylic acids is 1. The lowest BCUT2D eigenvalue weighted by Crippen LogP contribution is -2.34. The number of ether oxygens (including phenoxy) is 1. The van der Waals surface area contributed by atoms with Gasteiger partial charge in [0.25, 0.3) is 5.91 Å². The SMILES string of the molecule is COc1cccc(C(CNC(=O)c2ccc(N)cn2)N(C)C)c1. The molecule has 0 aliphatic heterocycles. The first kappa shape index (κ1) is 16.8. The van der Waals surface area contributed by atoms with E-state index in [1.807, 2.05) is 43.3 Å². The molecule has 122 valence electrons. The number of nitrogens with two attached hydrogens (primary N) is 1. The summed E-state index contributed by atoms with van der Waals surface area (Å²) >= 11 is 0. The summed E-state index contributed by atoms with van der Waals surface area (Å²) < 4.78 is 5.26. The molecule has 2 aromatic rings. The Morgan fingerprint density at radius 1 is 1.35 bits per heavy atom. The second-order valence-electron chi connectivity index (χ2n) is 5.44. The molecule has 1 amide bonds. The van der Waals surface area contributed by atoms with Crippen molar-refractivity contribution in [1.29, 1.82) is 0 Å². The number of nitrogens with one attached hydrogen (secondary N) is 1. The maximum atomic E-state index is 12.2. The van der Waals surface area contributed by atoms with Crippen LogP contribution < -0.4 is 15.8 Å². The molecule has 1 unspecified atom stereocenters. The van der Waals surface area contributed by atoms with Crippen LogP contribution in [-0.2, 0) is 0 Å². The third kappa shape index (κ3) is 4.43. The molecule has 0 aliphatic carbocycles. The molecule has 0 saturated heterocycles. The highest BCUT2D eigenvalue weighted by molar-refractivity contribution is 5.92. The average Bonchev–Trinajstić information content (AvgIpc) is 2.55. The standard InChI is InChI=1S/C17H22N4O2/c1-21(2)16(12-5-4-6-14(9-12)23-3)11-20-17(22)15-8-7-13(18)10-19-15/h4-10,16H,11,18H2,1-3H3,(H,20,22). The lowest BCUT2D eigenvalue weighted by molar-refractivity contribution is 0.0937. The monoisotopic (exact) mass is 314 g/mol. The molecule has 0 radical (unpaired) electrons. The zero-order valence-electron chi connectivity index (χ0n) is 13.6. The van der Waals surface area contributed by atoms with Gasteiger partial charge in [-0.2, -0.15) is 0 Å². The number of aromatic nitrogens is 1. The van der Waals surface area contributed by atoms with Crippen LogP contribution in [-0.4, -0.2) is 43.5 Å². The van der Waals surface area contributed by atoms with Crippen molar-refractivity contribution in [2.45, 2.75) is 6.04 Å². The van der Waals surface area contributed by atoms with E-state index in [2.05, 4.69) is 10.3 Å². The zero-order chi connectivity index (χ0) is 16.8. The van der Waals surface area contributed by atoms with Gasteiger partial charge in [-0.1, -0.05) is 12.1 Å². The Morgan fingerprint density at radius 2 is 2.13 bits per heavy atom. The lowest BCUT2D eigenvalue weighted by Gasteiger charge is -2.25. The van der Waals surface area contributed by atoms with E-state index < -0.39 is 0 Å². The third-order valence-corrected chi connectivity index (χ3v) is 3.58. The number of anilines is 1.